The Kier molecular flexibility index (Phi) is 9.47. The smallest absolute Gasteiger partial charge is 0.266 e. The number of hydrogen-bond donors (Lipinski definition) is 4. The van der Waals surface area contributed by atoms with E-state index in [0.717, 1.165) is 4.90 Å². The Balaban J connectivity index is 1.42. The van der Waals surface area contributed by atoms with E-state index in [0.29, 0.717) is 39.1 Å². The van der Waals surface area contributed by atoms with Crippen molar-refractivity contribution in [3.05, 3.63) is 29.3 Å². The number of aliphatic hydroxyl groups excluding tert-OH is 1. The first-order valence-electron chi connectivity index (χ1n) is 11.5. The molecular formula is C23H28N4O9. The van der Waals surface area contributed by atoms with Crippen LogP contribution in [-0.4, -0.2) is 91.0 Å². The van der Waals surface area contributed by atoms with E-state index in [-0.39, 0.29) is 36.3 Å². The van der Waals surface area contributed by atoms with E-state index >= 15 is 0 Å². The van der Waals surface area contributed by atoms with Crippen molar-refractivity contribution in [1.29, 1.82) is 0 Å². The Labute approximate surface area is 206 Å². The molecule has 13 heteroatoms. The summed E-state index contributed by atoms with van der Waals surface area (Å²) in [4.78, 5) is 73.2. The van der Waals surface area contributed by atoms with Gasteiger partial charge >= 0.3 is 0 Å². The summed E-state index contributed by atoms with van der Waals surface area (Å²) in [5.41, 5.74) is 0.0410. The van der Waals surface area contributed by atoms with Crippen LogP contribution in [0.3, 0.4) is 0 Å². The van der Waals surface area contributed by atoms with E-state index in [1.54, 1.807) is 0 Å². The van der Waals surface area contributed by atoms with Crippen molar-refractivity contribution in [2.24, 2.45) is 0 Å². The predicted octanol–water partition coefficient (Wildman–Crippen LogP) is -1.51. The van der Waals surface area contributed by atoms with Crippen LogP contribution in [0.1, 0.15) is 46.4 Å². The SMILES string of the molecule is O=C(CO)NCCCOCCCNC(=O)COc1cccc2c1C(=O)N(C1CCC(=O)NC1=O)C2=O. The fraction of sp³-hybridized carbons (Fsp3) is 0.478. The summed E-state index contributed by atoms with van der Waals surface area (Å²) in [6.07, 6.45) is 1.19. The fourth-order valence-electron chi connectivity index (χ4n) is 3.76. The topological polar surface area (TPSA) is 180 Å². The number of imide groups is 2. The molecule has 0 radical (unpaired) electrons. The molecule has 13 nitrogen and oxygen atoms in total. The summed E-state index contributed by atoms with van der Waals surface area (Å²) in [7, 11) is 0. The van der Waals surface area contributed by atoms with Crippen molar-refractivity contribution in [2.75, 3.05) is 39.5 Å². The summed E-state index contributed by atoms with van der Waals surface area (Å²) < 4.78 is 10.9. The number of rotatable bonds is 13. The van der Waals surface area contributed by atoms with Crippen LogP contribution < -0.4 is 20.7 Å². The Hall–Kier alpha value is -3.84. The lowest BCUT2D eigenvalue weighted by atomic mass is 10.0. The van der Waals surface area contributed by atoms with Gasteiger partial charge in [-0.25, -0.2) is 0 Å². The molecular weight excluding hydrogens is 476 g/mol. The highest BCUT2D eigenvalue weighted by molar-refractivity contribution is 6.24. The largest absolute Gasteiger partial charge is 0.483 e. The van der Waals surface area contributed by atoms with Crippen molar-refractivity contribution in [1.82, 2.24) is 20.9 Å². The van der Waals surface area contributed by atoms with Crippen LogP contribution in [0, 0.1) is 0 Å². The molecule has 1 aromatic rings. The highest BCUT2D eigenvalue weighted by Gasteiger charge is 2.46. The third kappa shape index (κ3) is 6.64. The molecule has 0 aromatic heterocycles. The Morgan fingerprint density at radius 1 is 1.03 bits per heavy atom. The standard InChI is InChI=1S/C23H28N4O9/c28-12-18(30)24-8-2-10-35-11-3-9-25-19(31)13-36-16-5-1-4-14-20(16)23(34)27(22(14)33)15-6-7-17(29)26-21(15)32/h1,4-5,15,28H,2-3,6-13H2,(H,24,30)(H,25,31)(H,26,29,32). The zero-order valence-corrected chi connectivity index (χ0v) is 19.5. The molecule has 1 fully saturated rings. The average molecular weight is 504 g/mol. The number of carbonyl (C=O) groups excluding carboxylic acids is 6. The maximum absolute atomic E-state index is 13.0. The molecule has 194 valence electrons. The van der Waals surface area contributed by atoms with Gasteiger partial charge in [-0.3, -0.25) is 39.0 Å². The Bertz CT molecular complexity index is 1040. The van der Waals surface area contributed by atoms with Gasteiger partial charge < -0.3 is 25.2 Å². The van der Waals surface area contributed by atoms with Gasteiger partial charge in [0, 0.05) is 32.7 Å². The van der Waals surface area contributed by atoms with Gasteiger partial charge in [-0.15, -0.1) is 0 Å². The van der Waals surface area contributed by atoms with Gasteiger partial charge in [0.15, 0.2) is 6.61 Å². The molecule has 2 heterocycles. The molecule has 1 atom stereocenters. The number of hydrogen-bond acceptors (Lipinski definition) is 9. The van der Waals surface area contributed by atoms with Crippen molar-refractivity contribution < 1.29 is 43.3 Å². The highest BCUT2D eigenvalue weighted by atomic mass is 16.5. The minimum atomic E-state index is -1.09. The van der Waals surface area contributed by atoms with Crippen LogP contribution in [-0.2, 0) is 23.9 Å². The van der Waals surface area contributed by atoms with Crippen LogP contribution >= 0.6 is 0 Å². The van der Waals surface area contributed by atoms with Crippen molar-refractivity contribution in [2.45, 2.75) is 31.7 Å². The molecule has 1 aromatic carbocycles. The summed E-state index contributed by atoms with van der Waals surface area (Å²) in [6.45, 7) is 0.611. The van der Waals surface area contributed by atoms with Gasteiger partial charge in [0.05, 0.1) is 11.1 Å². The van der Waals surface area contributed by atoms with Gasteiger partial charge in [-0.05, 0) is 31.4 Å². The average Bonchev–Trinajstić information content (AvgIpc) is 3.11. The molecule has 0 saturated carbocycles. The summed E-state index contributed by atoms with van der Waals surface area (Å²) in [5, 5.41) is 15.9. The number of amides is 6. The Morgan fingerprint density at radius 2 is 1.72 bits per heavy atom. The maximum Gasteiger partial charge on any atom is 0.266 e. The van der Waals surface area contributed by atoms with Gasteiger partial charge in [-0.2, -0.15) is 0 Å². The Morgan fingerprint density at radius 3 is 2.39 bits per heavy atom. The monoisotopic (exact) mass is 504 g/mol. The van der Waals surface area contributed by atoms with Gasteiger partial charge in [0.2, 0.25) is 17.7 Å². The molecule has 0 aliphatic carbocycles. The first kappa shape index (κ1) is 26.8. The van der Waals surface area contributed by atoms with Gasteiger partial charge in [0.1, 0.15) is 18.4 Å². The second kappa shape index (κ2) is 12.7. The second-order valence-corrected chi connectivity index (χ2v) is 8.09. The van der Waals surface area contributed by atoms with E-state index < -0.39 is 48.1 Å². The van der Waals surface area contributed by atoms with Gasteiger partial charge in [-0.1, -0.05) is 6.07 Å². The van der Waals surface area contributed by atoms with Crippen LogP contribution in [0.15, 0.2) is 18.2 Å². The summed E-state index contributed by atoms with van der Waals surface area (Å²) in [6, 6.07) is 3.32. The molecule has 36 heavy (non-hydrogen) atoms. The molecule has 2 aliphatic heterocycles. The predicted molar refractivity (Wildman–Crippen MR) is 122 cm³/mol. The highest BCUT2D eigenvalue weighted by Crippen LogP contribution is 2.33. The third-order valence-electron chi connectivity index (χ3n) is 5.51. The lowest BCUT2D eigenvalue weighted by Crippen LogP contribution is -2.54. The third-order valence-corrected chi connectivity index (χ3v) is 5.51. The first-order valence-corrected chi connectivity index (χ1v) is 11.5. The van der Waals surface area contributed by atoms with Crippen LogP contribution in [0.5, 0.6) is 5.75 Å². The van der Waals surface area contributed by atoms with E-state index in [1.807, 2.05) is 0 Å². The molecule has 3 rings (SSSR count). The summed E-state index contributed by atoms with van der Waals surface area (Å²) >= 11 is 0. The molecule has 4 N–H and O–H groups in total. The normalized spacial score (nSPS) is 17.0. The number of ether oxygens (including phenoxy) is 2. The second-order valence-electron chi connectivity index (χ2n) is 8.09. The van der Waals surface area contributed by atoms with Crippen molar-refractivity contribution in [3.8, 4) is 5.75 Å². The van der Waals surface area contributed by atoms with E-state index in [4.69, 9.17) is 14.6 Å². The van der Waals surface area contributed by atoms with Crippen LogP contribution in [0.4, 0.5) is 0 Å². The molecule has 1 unspecified atom stereocenters. The number of nitrogens with zero attached hydrogens (tertiary/aromatic N) is 1. The number of benzene rings is 1. The lowest BCUT2D eigenvalue weighted by Gasteiger charge is -2.27. The lowest BCUT2D eigenvalue weighted by molar-refractivity contribution is -0.136. The molecule has 0 spiro atoms. The molecule has 0 bridgehead atoms. The zero-order chi connectivity index (χ0) is 26.1. The van der Waals surface area contributed by atoms with E-state index in [9.17, 15) is 28.8 Å². The minimum Gasteiger partial charge on any atom is -0.483 e. The van der Waals surface area contributed by atoms with Crippen LogP contribution in [0.2, 0.25) is 0 Å². The molecule has 1 saturated heterocycles. The van der Waals surface area contributed by atoms with Crippen LogP contribution in [0.25, 0.3) is 0 Å². The number of nitrogens with one attached hydrogen (secondary N) is 3. The van der Waals surface area contributed by atoms with E-state index in [2.05, 4.69) is 16.0 Å². The van der Waals surface area contributed by atoms with Crippen molar-refractivity contribution in [3.63, 3.8) is 0 Å². The number of fused-ring (bicyclic) bond motifs is 1. The van der Waals surface area contributed by atoms with Crippen molar-refractivity contribution >= 4 is 35.4 Å². The van der Waals surface area contributed by atoms with Gasteiger partial charge in [0.25, 0.3) is 17.7 Å². The number of carbonyl (C=O) groups is 6. The number of piperidine rings is 1. The molecule has 6 amide bonds. The number of aliphatic hydroxyl groups is 1. The summed E-state index contributed by atoms with van der Waals surface area (Å²) in [5.74, 6) is -3.36. The zero-order valence-electron chi connectivity index (χ0n) is 19.5. The van der Waals surface area contributed by atoms with E-state index in [1.165, 1.54) is 18.2 Å². The maximum atomic E-state index is 13.0. The molecule has 2 aliphatic rings. The first-order chi connectivity index (χ1) is 17.3. The quantitative estimate of drug-likeness (QED) is 0.183. The minimum absolute atomic E-state index is 0.0151. The fourth-order valence-corrected chi connectivity index (χ4v) is 3.76.